The predicted octanol–water partition coefficient (Wildman–Crippen LogP) is 2.13. The normalized spacial score (nSPS) is 12.5. The molecule has 0 saturated heterocycles. The molecule has 8 nitrogen and oxygen atoms in total. The molecule has 2 aromatic carbocycles. The Hall–Kier alpha value is -3.10. The maximum absolute atomic E-state index is 12.1. The Bertz CT molecular complexity index is 862. The molecule has 0 unspecified atom stereocenters. The van der Waals surface area contributed by atoms with Crippen LogP contribution in [0.3, 0.4) is 0 Å². The lowest BCUT2D eigenvalue weighted by Gasteiger charge is -2.17. The number of carboxylic acid groups (broad SMARTS) is 1. The van der Waals surface area contributed by atoms with E-state index >= 15 is 0 Å². The number of carbonyl (C=O) groups is 3. The first-order chi connectivity index (χ1) is 14.3. The minimum absolute atomic E-state index is 0.0434. The van der Waals surface area contributed by atoms with Crippen LogP contribution in [0.4, 0.5) is 4.79 Å². The minimum Gasteiger partial charge on any atom is -0.480 e. The number of rotatable bonds is 10. The van der Waals surface area contributed by atoms with Crippen LogP contribution in [0, 0.1) is 0 Å². The van der Waals surface area contributed by atoms with Crippen LogP contribution >= 0.6 is 11.6 Å². The Morgan fingerprint density at radius 2 is 1.73 bits per heavy atom. The molecule has 2 amide bonds. The van der Waals surface area contributed by atoms with E-state index < -0.39 is 30.1 Å². The molecule has 0 aliphatic rings. The van der Waals surface area contributed by atoms with Crippen LogP contribution in [0.1, 0.15) is 17.5 Å². The van der Waals surface area contributed by atoms with Crippen molar-refractivity contribution in [1.29, 1.82) is 0 Å². The fraction of sp³-hybridized carbons (Fsp3) is 0.286. The molecule has 9 heteroatoms. The number of ether oxygens (including phenoxy) is 1. The highest BCUT2D eigenvalue weighted by atomic mass is 35.5. The number of hydrogen-bond donors (Lipinski definition) is 4. The first kappa shape index (κ1) is 23.2. The number of nitrogens with one attached hydrogen (secondary N) is 2. The van der Waals surface area contributed by atoms with Gasteiger partial charge in [0.05, 0.1) is 12.5 Å². The molecule has 0 aliphatic heterocycles. The number of hydrogen-bond acceptors (Lipinski definition) is 5. The number of aliphatic carboxylic acids is 1. The van der Waals surface area contributed by atoms with Gasteiger partial charge in [-0.1, -0.05) is 54.1 Å². The summed E-state index contributed by atoms with van der Waals surface area (Å²) in [7, 11) is 0. The van der Waals surface area contributed by atoms with Gasteiger partial charge in [0.2, 0.25) is 5.91 Å². The maximum atomic E-state index is 12.1. The number of amides is 2. The smallest absolute Gasteiger partial charge is 0.407 e. The summed E-state index contributed by atoms with van der Waals surface area (Å²) in [6.07, 6.45) is -2.27. The molecule has 0 bridgehead atoms. The topological polar surface area (TPSA) is 125 Å². The van der Waals surface area contributed by atoms with Gasteiger partial charge in [-0.25, -0.2) is 9.59 Å². The van der Waals surface area contributed by atoms with Crippen LogP contribution < -0.4 is 10.6 Å². The molecule has 0 fully saturated rings. The van der Waals surface area contributed by atoms with Gasteiger partial charge < -0.3 is 25.6 Å². The molecular formula is C21H23ClN2O6. The molecule has 0 heterocycles. The van der Waals surface area contributed by atoms with Gasteiger partial charge in [0.15, 0.2) is 0 Å². The molecular weight excluding hydrogens is 412 g/mol. The predicted molar refractivity (Wildman–Crippen MR) is 110 cm³/mol. The average molecular weight is 435 g/mol. The Labute approximate surface area is 178 Å². The van der Waals surface area contributed by atoms with Crippen LogP contribution in [0.2, 0.25) is 5.02 Å². The van der Waals surface area contributed by atoms with E-state index in [1.165, 1.54) is 0 Å². The van der Waals surface area contributed by atoms with Gasteiger partial charge in [0.1, 0.15) is 12.6 Å². The molecule has 4 N–H and O–H groups in total. The SMILES string of the molecule is O=C(C[C@H](O)CNC(=O)OCc1ccccc1)N[C@@H](Cc1cccc(Cl)c1)C(=O)O. The van der Waals surface area contributed by atoms with Gasteiger partial charge in [-0.2, -0.15) is 0 Å². The molecule has 160 valence electrons. The van der Waals surface area contributed by atoms with E-state index in [1.807, 2.05) is 18.2 Å². The highest BCUT2D eigenvalue weighted by Crippen LogP contribution is 2.12. The first-order valence-electron chi connectivity index (χ1n) is 9.22. The van der Waals surface area contributed by atoms with Gasteiger partial charge in [-0.3, -0.25) is 4.79 Å². The number of aliphatic hydroxyl groups is 1. The number of halogens is 1. The Morgan fingerprint density at radius 1 is 1.03 bits per heavy atom. The van der Waals surface area contributed by atoms with Crippen molar-refractivity contribution < 1.29 is 29.3 Å². The van der Waals surface area contributed by atoms with Crippen molar-refractivity contribution in [2.45, 2.75) is 31.6 Å². The zero-order chi connectivity index (χ0) is 21.9. The lowest BCUT2D eigenvalue weighted by atomic mass is 10.1. The molecule has 2 aromatic rings. The fourth-order valence-electron chi connectivity index (χ4n) is 2.61. The summed E-state index contributed by atoms with van der Waals surface area (Å²) in [4.78, 5) is 35.2. The lowest BCUT2D eigenvalue weighted by molar-refractivity contribution is -0.142. The van der Waals surface area contributed by atoms with Crippen molar-refractivity contribution in [1.82, 2.24) is 10.6 Å². The summed E-state index contributed by atoms with van der Waals surface area (Å²) in [6.45, 7) is -0.139. The van der Waals surface area contributed by atoms with Crippen LogP contribution in [0.5, 0.6) is 0 Å². The summed E-state index contributed by atoms with van der Waals surface area (Å²) >= 11 is 5.89. The summed E-state index contributed by atoms with van der Waals surface area (Å²) in [6, 6.07) is 14.6. The molecule has 0 radical (unpaired) electrons. The third-order valence-electron chi connectivity index (χ3n) is 4.08. The molecule has 0 aromatic heterocycles. The van der Waals surface area contributed by atoms with E-state index in [0.717, 1.165) is 5.56 Å². The second kappa shape index (κ2) is 11.8. The van der Waals surface area contributed by atoms with Crippen molar-refractivity contribution in [3.63, 3.8) is 0 Å². The zero-order valence-corrected chi connectivity index (χ0v) is 16.8. The number of carbonyl (C=O) groups excluding carboxylic acids is 2. The molecule has 0 aliphatic carbocycles. The van der Waals surface area contributed by atoms with Crippen LogP contribution in [0.15, 0.2) is 54.6 Å². The van der Waals surface area contributed by atoms with Crippen molar-refractivity contribution in [3.05, 3.63) is 70.7 Å². The second-order valence-corrected chi connectivity index (χ2v) is 7.03. The number of alkyl carbamates (subject to hydrolysis) is 1. The summed E-state index contributed by atoms with van der Waals surface area (Å²) in [5, 5.41) is 24.5. The van der Waals surface area contributed by atoms with Crippen molar-refractivity contribution in [2.75, 3.05) is 6.54 Å². The maximum Gasteiger partial charge on any atom is 0.407 e. The van der Waals surface area contributed by atoms with E-state index in [9.17, 15) is 24.6 Å². The standard InChI is InChI=1S/C21H23ClN2O6/c22-16-8-4-7-15(9-16)10-18(20(27)28)24-19(26)11-17(25)12-23-21(29)30-13-14-5-2-1-3-6-14/h1-9,17-18,25H,10-13H2,(H,23,29)(H,24,26)(H,27,28)/t17-,18-/m0/s1. The third-order valence-corrected chi connectivity index (χ3v) is 4.31. The quantitative estimate of drug-likeness (QED) is 0.454. The molecule has 0 spiro atoms. The number of benzene rings is 2. The van der Waals surface area contributed by atoms with Gasteiger partial charge in [0, 0.05) is 18.0 Å². The molecule has 0 saturated carbocycles. The number of aliphatic hydroxyl groups excluding tert-OH is 1. The average Bonchev–Trinajstić information content (AvgIpc) is 2.71. The minimum atomic E-state index is -1.21. The van der Waals surface area contributed by atoms with Crippen LogP contribution in [0.25, 0.3) is 0 Å². The van der Waals surface area contributed by atoms with Crippen molar-refractivity contribution in [3.8, 4) is 0 Å². The highest BCUT2D eigenvalue weighted by molar-refractivity contribution is 6.30. The van der Waals surface area contributed by atoms with E-state index in [4.69, 9.17) is 16.3 Å². The van der Waals surface area contributed by atoms with E-state index in [-0.39, 0.29) is 26.0 Å². The first-order valence-corrected chi connectivity index (χ1v) is 9.60. The van der Waals surface area contributed by atoms with Crippen molar-refractivity contribution in [2.24, 2.45) is 0 Å². The second-order valence-electron chi connectivity index (χ2n) is 6.59. The Kier molecular flexibility index (Phi) is 9.11. The number of carboxylic acids is 1. The third kappa shape index (κ3) is 8.50. The van der Waals surface area contributed by atoms with Gasteiger partial charge >= 0.3 is 12.1 Å². The van der Waals surface area contributed by atoms with Gasteiger partial charge in [-0.05, 0) is 23.3 Å². The monoisotopic (exact) mass is 434 g/mol. The van der Waals surface area contributed by atoms with E-state index in [1.54, 1.807) is 36.4 Å². The van der Waals surface area contributed by atoms with Crippen LogP contribution in [-0.2, 0) is 27.4 Å². The summed E-state index contributed by atoms with van der Waals surface area (Å²) in [5.41, 5.74) is 1.46. The molecule has 30 heavy (non-hydrogen) atoms. The van der Waals surface area contributed by atoms with Crippen LogP contribution in [-0.4, -0.2) is 46.9 Å². The van der Waals surface area contributed by atoms with Gasteiger partial charge in [0.25, 0.3) is 0 Å². The van der Waals surface area contributed by atoms with E-state index in [0.29, 0.717) is 10.6 Å². The van der Waals surface area contributed by atoms with Crippen molar-refractivity contribution >= 4 is 29.6 Å². The Morgan fingerprint density at radius 3 is 2.40 bits per heavy atom. The lowest BCUT2D eigenvalue weighted by Crippen LogP contribution is -2.44. The van der Waals surface area contributed by atoms with E-state index in [2.05, 4.69) is 10.6 Å². The zero-order valence-electron chi connectivity index (χ0n) is 16.1. The molecule has 2 atom stereocenters. The largest absolute Gasteiger partial charge is 0.480 e. The summed E-state index contributed by atoms with van der Waals surface area (Å²) in [5.74, 6) is -1.86. The summed E-state index contributed by atoms with van der Waals surface area (Å²) < 4.78 is 5.01. The van der Waals surface area contributed by atoms with Gasteiger partial charge in [-0.15, -0.1) is 0 Å². The Balaban J connectivity index is 1.73. The molecule has 2 rings (SSSR count). The fourth-order valence-corrected chi connectivity index (χ4v) is 2.83. The highest BCUT2D eigenvalue weighted by Gasteiger charge is 2.22.